The summed E-state index contributed by atoms with van der Waals surface area (Å²) in [6, 6.07) is 4.91. The summed E-state index contributed by atoms with van der Waals surface area (Å²) in [7, 11) is 2.06. The molecule has 1 aromatic rings. The molecule has 3 aliphatic rings. The van der Waals surface area contributed by atoms with E-state index in [0.717, 1.165) is 17.8 Å². The zero-order chi connectivity index (χ0) is 32.0. The predicted molar refractivity (Wildman–Crippen MR) is 169 cm³/mol. The number of rotatable bonds is 4. The summed E-state index contributed by atoms with van der Waals surface area (Å²) in [5.74, 6) is -1.19. The lowest BCUT2D eigenvalue weighted by Gasteiger charge is -2.45. The molecule has 44 heavy (non-hydrogen) atoms. The number of piperazine rings is 1. The normalized spacial score (nSPS) is 30.1. The smallest absolute Gasteiger partial charge is 0.410 e. The number of nitrogens with zero attached hydrogens (tertiary/aromatic N) is 3. The minimum Gasteiger partial charge on any atom is -0.457 e. The molecule has 0 aliphatic carbocycles. The van der Waals surface area contributed by atoms with Gasteiger partial charge in [0.05, 0.1) is 25.7 Å². The number of ether oxygens (including phenoxy) is 3. The van der Waals surface area contributed by atoms with Crippen LogP contribution in [0, 0.1) is 17.7 Å². The molecule has 0 bridgehead atoms. The first-order valence-corrected chi connectivity index (χ1v) is 15.9. The summed E-state index contributed by atoms with van der Waals surface area (Å²) in [6.07, 6.45) is 4.08. The number of cyclic esters (lactones) is 1. The summed E-state index contributed by atoms with van der Waals surface area (Å²) < 4.78 is 32.1. The van der Waals surface area contributed by atoms with Gasteiger partial charge in [-0.15, -0.1) is 0 Å². The van der Waals surface area contributed by atoms with E-state index >= 15 is 0 Å². The van der Waals surface area contributed by atoms with Gasteiger partial charge in [0.25, 0.3) is 0 Å². The number of amides is 1. The molecule has 1 aromatic carbocycles. The summed E-state index contributed by atoms with van der Waals surface area (Å²) >= 11 is 0. The summed E-state index contributed by atoms with van der Waals surface area (Å²) in [5.41, 5.74) is 2.02. The maximum absolute atomic E-state index is 14.7. The average molecular weight is 616 g/mol. The van der Waals surface area contributed by atoms with Crippen LogP contribution in [0.1, 0.15) is 59.4 Å². The molecule has 244 valence electrons. The lowest BCUT2D eigenvalue weighted by molar-refractivity contribution is -0.151. The highest BCUT2D eigenvalue weighted by atomic mass is 19.1. The predicted octanol–water partition coefficient (Wildman–Crippen LogP) is 4.88. The number of aliphatic hydroxyl groups is 1. The van der Waals surface area contributed by atoms with Gasteiger partial charge in [-0.05, 0) is 82.0 Å². The number of anilines is 1. The molecule has 0 radical (unpaired) electrons. The van der Waals surface area contributed by atoms with E-state index in [1.807, 2.05) is 45.1 Å². The van der Waals surface area contributed by atoms with Crippen LogP contribution in [-0.4, -0.2) is 104 Å². The molecule has 0 aromatic heterocycles. The molecule has 0 saturated carbocycles. The van der Waals surface area contributed by atoms with Crippen LogP contribution in [0.25, 0.3) is 6.08 Å². The van der Waals surface area contributed by atoms with Crippen molar-refractivity contribution in [2.75, 3.05) is 57.9 Å². The Bertz CT molecular complexity index is 1210. The fourth-order valence-corrected chi connectivity index (χ4v) is 6.07. The summed E-state index contributed by atoms with van der Waals surface area (Å²) in [6.45, 7) is 14.5. The molecular formula is C34H50FN3O6. The van der Waals surface area contributed by atoms with E-state index in [4.69, 9.17) is 14.2 Å². The molecule has 0 spiro atoms. The Kier molecular flexibility index (Phi) is 11.5. The van der Waals surface area contributed by atoms with E-state index in [2.05, 4.69) is 30.7 Å². The Hall–Kier alpha value is -2.95. The molecule has 3 heterocycles. The molecule has 0 unspecified atom stereocenters. The van der Waals surface area contributed by atoms with Crippen molar-refractivity contribution in [3.05, 3.63) is 47.3 Å². The fourth-order valence-electron chi connectivity index (χ4n) is 6.07. The lowest BCUT2D eigenvalue weighted by Crippen LogP contribution is -2.59. The summed E-state index contributed by atoms with van der Waals surface area (Å²) in [4.78, 5) is 32.3. The highest BCUT2D eigenvalue weighted by molar-refractivity contribution is 5.71. The maximum Gasteiger partial charge on any atom is 0.410 e. The van der Waals surface area contributed by atoms with Crippen LogP contribution >= 0.6 is 0 Å². The molecule has 1 amide bonds. The number of likely N-dealkylation sites (N-methyl/N-ethyl adjacent to an activating group) is 1. The van der Waals surface area contributed by atoms with Crippen molar-refractivity contribution in [1.82, 2.24) is 9.80 Å². The monoisotopic (exact) mass is 615 g/mol. The van der Waals surface area contributed by atoms with Crippen LogP contribution in [0.3, 0.4) is 0 Å². The van der Waals surface area contributed by atoms with Gasteiger partial charge in [-0.1, -0.05) is 26.0 Å². The first-order chi connectivity index (χ1) is 20.8. The van der Waals surface area contributed by atoms with Gasteiger partial charge in [-0.25, -0.2) is 9.18 Å². The van der Waals surface area contributed by atoms with Crippen molar-refractivity contribution in [2.24, 2.45) is 11.8 Å². The Morgan fingerprint density at radius 1 is 1.09 bits per heavy atom. The second-order valence-corrected chi connectivity index (χ2v) is 13.3. The van der Waals surface area contributed by atoms with Crippen molar-refractivity contribution in [2.45, 2.75) is 77.7 Å². The third-order valence-electron chi connectivity index (χ3n) is 9.19. The molecule has 2 fully saturated rings. The molecule has 5 atom stereocenters. The van der Waals surface area contributed by atoms with Crippen LogP contribution in [0.4, 0.5) is 14.9 Å². The van der Waals surface area contributed by atoms with Crippen molar-refractivity contribution >= 4 is 23.8 Å². The van der Waals surface area contributed by atoms with Gasteiger partial charge in [-0.3, -0.25) is 9.69 Å². The largest absolute Gasteiger partial charge is 0.457 e. The maximum atomic E-state index is 14.7. The van der Waals surface area contributed by atoms with Gasteiger partial charge in [-0.2, -0.15) is 0 Å². The highest BCUT2D eigenvalue weighted by Crippen LogP contribution is 2.28. The van der Waals surface area contributed by atoms with E-state index in [0.29, 0.717) is 57.8 Å². The molecule has 1 N–H and O–H groups in total. The Balaban J connectivity index is 1.56. The number of esters is 1. The minimum absolute atomic E-state index is 0.0750. The van der Waals surface area contributed by atoms with Crippen molar-refractivity contribution in [3.63, 3.8) is 0 Å². The van der Waals surface area contributed by atoms with Crippen molar-refractivity contribution in [3.8, 4) is 0 Å². The summed E-state index contributed by atoms with van der Waals surface area (Å²) in [5, 5.41) is 10.6. The zero-order valence-electron chi connectivity index (χ0n) is 27.1. The zero-order valence-corrected chi connectivity index (χ0v) is 27.1. The number of hydrogen-bond donors (Lipinski definition) is 1. The first kappa shape index (κ1) is 33.9. The van der Waals surface area contributed by atoms with Gasteiger partial charge in [0, 0.05) is 49.9 Å². The molecule has 10 heteroatoms. The Labute approximate surface area is 261 Å². The van der Waals surface area contributed by atoms with E-state index in [9.17, 15) is 19.1 Å². The first-order valence-electron chi connectivity index (χ1n) is 15.9. The Morgan fingerprint density at radius 3 is 2.52 bits per heavy atom. The van der Waals surface area contributed by atoms with Crippen LogP contribution in [0.15, 0.2) is 35.9 Å². The van der Waals surface area contributed by atoms with Gasteiger partial charge >= 0.3 is 12.1 Å². The third-order valence-corrected chi connectivity index (χ3v) is 9.19. The van der Waals surface area contributed by atoms with E-state index < -0.39 is 24.3 Å². The van der Waals surface area contributed by atoms with E-state index in [1.165, 1.54) is 12.1 Å². The van der Waals surface area contributed by atoms with Crippen molar-refractivity contribution in [1.29, 1.82) is 0 Å². The molecular weight excluding hydrogens is 565 g/mol. The standard InChI is InChI=1S/C34H50FN3O6/c1-23-7-9-29(39)21-31(40)44-32(25(3)17-26-18-27(35)20-28(19-26)37-13-15-42-16-14-37)24(2)8-10-30(23)43-33(41)38-12-11-36(6)34(4,5)22-38/h8,10,17-20,23-24,29-30,32,39H,7,9,11-16,21-22H2,1-6H3/b10-8-,25-17+/t23-,24-,29+,30-,32-/m0/s1. The number of carbonyl (C=O) groups is 2. The third kappa shape index (κ3) is 9.05. The number of morpholine rings is 1. The molecule has 3 aliphatic heterocycles. The number of halogens is 1. The highest BCUT2D eigenvalue weighted by Gasteiger charge is 2.35. The van der Waals surface area contributed by atoms with Crippen LogP contribution in [-0.2, 0) is 19.0 Å². The van der Waals surface area contributed by atoms with Gasteiger partial charge in [0.15, 0.2) is 0 Å². The lowest BCUT2D eigenvalue weighted by atomic mass is 9.91. The second kappa shape index (κ2) is 14.9. The van der Waals surface area contributed by atoms with E-state index in [-0.39, 0.29) is 35.7 Å². The van der Waals surface area contributed by atoms with Gasteiger partial charge in [0.2, 0.25) is 0 Å². The van der Waals surface area contributed by atoms with Crippen LogP contribution in [0.5, 0.6) is 0 Å². The number of benzene rings is 1. The number of aliphatic hydroxyl groups excluding tert-OH is 1. The van der Waals surface area contributed by atoms with Crippen LogP contribution in [0.2, 0.25) is 0 Å². The SMILES string of the molecule is C/C(=C\c1cc(F)cc(N2CCOCC2)c1)[C@H]1OC(=O)C[C@H](O)CC[C@H](C)[C@@H](OC(=O)N2CCN(C)C(C)(C)C2)/C=C\[C@@H]1C. The average Bonchev–Trinajstić information content (AvgIpc) is 2.97. The fraction of sp³-hybridized carbons (Fsp3) is 0.647. The minimum atomic E-state index is -0.873. The van der Waals surface area contributed by atoms with Crippen LogP contribution < -0.4 is 4.90 Å². The van der Waals surface area contributed by atoms with Crippen molar-refractivity contribution < 1.29 is 33.3 Å². The number of carbonyl (C=O) groups excluding carboxylic acids is 2. The Morgan fingerprint density at radius 2 is 1.82 bits per heavy atom. The molecule has 4 rings (SSSR count). The second-order valence-electron chi connectivity index (χ2n) is 13.3. The van der Waals surface area contributed by atoms with Gasteiger partial charge < -0.3 is 29.1 Å². The number of hydrogen-bond acceptors (Lipinski definition) is 8. The topological polar surface area (TPSA) is 91.8 Å². The molecule has 2 saturated heterocycles. The quantitative estimate of drug-likeness (QED) is 0.379. The van der Waals surface area contributed by atoms with E-state index in [1.54, 1.807) is 4.90 Å². The molecule has 9 nitrogen and oxygen atoms in total. The van der Waals surface area contributed by atoms with Gasteiger partial charge in [0.1, 0.15) is 18.0 Å².